The van der Waals surface area contributed by atoms with Gasteiger partial charge in [-0.3, -0.25) is 4.79 Å². The van der Waals surface area contributed by atoms with Gasteiger partial charge in [-0.2, -0.15) is 0 Å². The number of anilines is 1. The second kappa shape index (κ2) is 8.88. The fourth-order valence-corrected chi connectivity index (χ4v) is 5.99. The minimum atomic E-state index is -4.23. The maximum atomic E-state index is 13.6. The Bertz CT molecular complexity index is 1360. The van der Waals surface area contributed by atoms with Gasteiger partial charge in [-0.1, -0.05) is 30.7 Å². The number of nitrogens with two attached hydrogens (primary N) is 1. The Labute approximate surface area is 203 Å². The highest BCUT2D eigenvalue weighted by Crippen LogP contribution is 2.39. The lowest BCUT2D eigenvalue weighted by Gasteiger charge is -2.33. The number of nitrogens with zero attached hydrogens (tertiary/aromatic N) is 3. The lowest BCUT2D eigenvalue weighted by atomic mass is 9.97. The standard InChI is InChI=1S/C24H25ClN4O4S/c1-15-13-24(2,3)29(14-15)23-21(22(26)30)18(10-11-27-23)34(31,32)20-9-5-8-19(28-20)33-17-7-4-6-16(25)12-17/h4-12,15H,13-14H2,1-3H3,(H2,26,30). The number of sulfone groups is 1. The van der Waals surface area contributed by atoms with Crippen LogP contribution >= 0.6 is 11.6 Å². The monoisotopic (exact) mass is 500 g/mol. The smallest absolute Gasteiger partial charge is 0.253 e. The molecule has 8 nitrogen and oxygen atoms in total. The van der Waals surface area contributed by atoms with E-state index < -0.39 is 15.7 Å². The second-order valence-electron chi connectivity index (χ2n) is 8.98. The Kier molecular flexibility index (Phi) is 6.26. The molecule has 4 rings (SSSR count). The van der Waals surface area contributed by atoms with E-state index in [-0.39, 0.29) is 32.7 Å². The fraction of sp³-hybridized carbons (Fsp3) is 0.292. The van der Waals surface area contributed by atoms with Crippen LogP contribution in [0.3, 0.4) is 0 Å². The summed E-state index contributed by atoms with van der Waals surface area (Å²) in [6.45, 7) is 6.79. The number of benzene rings is 1. The molecule has 3 aromatic rings. The van der Waals surface area contributed by atoms with Crippen LogP contribution in [0, 0.1) is 5.92 Å². The van der Waals surface area contributed by atoms with E-state index in [1.165, 1.54) is 30.5 Å². The Morgan fingerprint density at radius 1 is 1.21 bits per heavy atom. The molecule has 2 N–H and O–H groups in total. The van der Waals surface area contributed by atoms with Crippen molar-refractivity contribution in [3.8, 4) is 11.6 Å². The van der Waals surface area contributed by atoms with Gasteiger partial charge in [0.25, 0.3) is 5.91 Å². The Hall–Kier alpha value is -3.17. The van der Waals surface area contributed by atoms with Crippen molar-refractivity contribution in [1.29, 1.82) is 0 Å². The van der Waals surface area contributed by atoms with Crippen LogP contribution in [-0.2, 0) is 9.84 Å². The molecular formula is C24H25ClN4O4S. The molecule has 1 aliphatic rings. The van der Waals surface area contributed by atoms with Crippen LogP contribution in [0.2, 0.25) is 5.02 Å². The van der Waals surface area contributed by atoms with E-state index in [0.717, 1.165) is 6.42 Å². The maximum Gasteiger partial charge on any atom is 0.253 e. The molecule has 0 radical (unpaired) electrons. The van der Waals surface area contributed by atoms with E-state index in [2.05, 4.69) is 16.9 Å². The third kappa shape index (κ3) is 4.58. The number of rotatable bonds is 6. The molecule has 0 bridgehead atoms. The largest absolute Gasteiger partial charge is 0.439 e. The third-order valence-corrected chi connectivity index (χ3v) is 7.68. The van der Waals surface area contributed by atoms with E-state index in [1.54, 1.807) is 24.3 Å². The Balaban J connectivity index is 1.78. The first kappa shape index (κ1) is 24.0. The number of primary amides is 1. The van der Waals surface area contributed by atoms with Gasteiger partial charge in [0.05, 0.1) is 4.90 Å². The second-order valence-corrected chi connectivity index (χ2v) is 11.3. The Morgan fingerprint density at radius 3 is 2.59 bits per heavy atom. The molecule has 2 aromatic heterocycles. The number of aromatic nitrogens is 2. The minimum absolute atomic E-state index is 0.0627. The zero-order chi connectivity index (χ0) is 24.7. The van der Waals surface area contributed by atoms with Gasteiger partial charge in [0, 0.05) is 29.4 Å². The van der Waals surface area contributed by atoms with Crippen molar-refractivity contribution in [3.05, 3.63) is 65.3 Å². The van der Waals surface area contributed by atoms with E-state index in [9.17, 15) is 13.2 Å². The molecule has 1 saturated heterocycles. The van der Waals surface area contributed by atoms with Gasteiger partial charge in [0.2, 0.25) is 15.7 Å². The van der Waals surface area contributed by atoms with Crippen molar-refractivity contribution < 1.29 is 17.9 Å². The van der Waals surface area contributed by atoms with E-state index in [1.807, 2.05) is 18.7 Å². The predicted octanol–water partition coefficient (Wildman–Crippen LogP) is 4.48. The van der Waals surface area contributed by atoms with Gasteiger partial charge >= 0.3 is 0 Å². The van der Waals surface area contributed by atoms with Crippen molar-refractivity contribution in [2.75, 3.05) is 11.4 Å². The molecule has 3 heterocycles. The van der Waals surface area contributed by atoms with Crippen molar-refractivity contribution >= 4 is 33.2 Å². The summed E-state index contributed by atoms with van der Waals surface area (Å²) in [4.78, 5) is 22.8. The quantitative estimate of drug-likeness (QED) is 0.530. The van der Waals surface area contributed by atoms with Crippen molar-refractivity contribution in [2.45, 2.75) is 42.7 Å². The van der Waals surface area contributed by atoms with Gasteiger partial charge in [-0.25, -0.2) is 18.4 Å². The summed E-state index contributed by atoms with van der Waals surface area (Å²) in [5, 5.41) is 0.191. The average molecular weight is 501 g/mol. The summed E-state index contributed by atoms with van der Waals surface area (Å²) >= 11 is 5.99. The number of halogens is 1. The van der Waals surface area contributed by atoms with E-state index in [0.29, 0.717) is 23.2 Å². The first-order chi connectivity index (χ1) is 16.0. The fourth-order valence-electron chi connectivity index (χ4n) is 4.42. The average Bonchev–Trinajstić information content (AvgIpc) is 3.05. The van der Waals surface area contributed by atoms with Crippen LogP contribution in [0.4, 0.5) is 5.82 Å². The zero-order valence-corrected chi connectivity index (χ0v) is 20.6. The number of hydrogen-bond acceptors (Lipinski definition) is 7. The molecule has 0 saturated carbocycles. The van der Waals surface area contributed by atoms with Crippen LogP contribution in [0.25, 0.3) is 0 Å². The topological polar surface area (TPSA) is 115 Å². The zero-order valence-electron chi connectivity index (χ0n) is 19.0. The number of carbonyl (C=O) groups is 1. The SMILES string of the molecule is CC1CN(c2nccc(S(=O)(=O)c3cccc(Oc4cccc(Cl)c4)n3)c2C(N)=O)C(C)(C)C1. The van der Waals surface area contributed by atoms with Crippen LogP contribution < -0.4 is 15.4 Å². The molecule has 1 aliphatic heterocycles. The highest BCUT2D eigenvalue weighted by Gasteiger charge is 2.40. The summed E-state index contributed by atoms with van der Waals surface area (Å²) in [6.07, 6.45) is 2.24. The van der Waals surface area contributed by atoms with Crippen LogP contribution in [0.5, 0.6) is 11.6 Å². The van der Waals surface area contributed by atoms with Crippen LogP contribution in [-0.4, -0.2) is 36.4 Å². The minimum Gasteiger partial charge on any atom is -0.439 e. The highest BCUT2D eigenvalue weighted by molar-refractivity contribution is 7.91. The predicted molar refractivity (Wildman–Crippen MR) is 129 cm³/mol. The molecule has 1 aromatic carbocycles. The number of ether oxygens (including phenoxy) is 1. The first-order valence-electron chi connectivity index (χ1n) is 10.7. The number of amides is 1. The molecule has 0 aliphatic carbocycles. The van der Waals surface area contributed by atoms with Gasteiger partial charge in [0.1, 0.15) is 17.1 Å². The molecule has 0 spiro atoms. The maximum absolute atomic E-state index is 13.6. The van der Waals surface area contributed by atoms with Crippen LogP contribution in [0.1, 0.15) is 37.6 Å². The molecule has 34 heavy (non-hydrogen) atoms. The summed E-state index contributed by atoms with van der Waals surface area (Å²) in [5.74, 6) is 0.203. The summed E-state index contributed by atoms with van der Waals surface area (Å²) in [6, 6.07) is 12.3. The van der Waals surface area contributed by atoms with Gasteiger partial charge < -0.3 is 15.4 Å². The molecule has 1 fully saturated rings. The van der Waals surface area contributed by atoms with Gasteiger partial charge in [-0.05, 0) is 56.5 Å². The van der Waals surface area contributed by atoms with Crippen molar-refractivity contribution in [1.82, 2.24) is 9.97 Å². The van der Waals surface area contributed by atoms with Crippen molar-refractivity contribution in [2.24, 2.45) is 11.7 Å². The molecule has 178 valence electrons. The number of pyridine rings is 2. The summed E-state index contributed by atoms with van der Waals surface area (Å²) < 4.78 is 32.9. The lowest BCUT2D eigenvalue weighted by molar-refractivity contribution is 0.0997. The van der Waals surface area contributed by atoms with Crippen LogP contribution in [0.15, 0.2) is 64.6 Å². The van der Waals surface area contributed by atoms with E-state index in [4.69, 9.17) is 22.1 Å². The first-order valence-corrected chi connectivity index (χ1v) is 12.6. The van der Waals surface area contributed by atoms with E-state index >= 15 is 0 Å². The van der Waals surface area contributed by atoms with Gasteiger partial charge in [-0.15, -0.1) is 0 Å². The highest BCUT2D eigenvalue weighted by atomic mass is 35.5. The normalized spacial score (nSPS) is 17.5. The molecule has 1 unspecified atom stereocenters. The third-order valence-electron chi connectivity index (χ3n) is 5.75. The molecule has 1 atom stereocenters. The molecular weight excluding hydrogens is 476 g/mol. The summed E-state index contributed by atoms with van der Waals surface area (Å²) in [5.41, 5.74) is 5.24. The van der Waals surface area contributed by atoms with Crippen molar-refractivity contribution in [3.63, 3.8) is 0 Å². The molecule has 10 heteroatoms. The summed E-state index contributed by atoms with van der Waals surface area (Å²) in [7, 11) is -4.23. The Morgan fingerprint density at radius 2 is 1.94 bits per heavy atom. The lowest BCUT2D eigenvalue weighted by Crippen LogP contribution is -2.40. The number of hydrogen-bond donors (Lipinski definition) is 1. The van der Waals surface area contributed by atoms with Gasteiger partial charge in [0.15, 0.2) is 5.03 Å². The molecule has 1 amide bonds. The number of carbonyl (C=O) groups excluding carboxylic acids is 1.